The molecule has 1 amide bonds. The van der Waals surface area contributed by atoms with Crippen molar-refractivity contribution in [3.8, 4) is 10.6 Å². The Morgan fingerprint density at radius 1 is 1.23 bits per heavy atom. The minimum atomic E-state index is 0.149. The average molecular weight is 317 g/mol. The Kier molecular flexibility index (Phi) is 6.07. The molecule has 0 N–H and O–H groups in total. The number of amides is 1. The van der Waals surface area contributed by atoms with Crippen molar-refractivity contribution in [3.05, 3.63) is 29.8 Å². The summed E-state index contributed by atoms with van der Waals surface area (Å²) < 4.78 is 0. The van der Waals surface area contributed by atoms with Crippen molar-refractivity contribution in [1.29, 1.82) is 0 Å². The molecule has 118 valence electrons. The number of nitrogens with zero attached hydrogens (tertiary/aromatic N) is 3. The lowest BCUT2D eigenvalue weighted by atomic mass is 10.1. The molecule has 0 saturated heterocycles. The zero-order valence-electron chi connectivity index (χ0n) is 13.5. The normalized spacial score (nSPS) is 10.7. The molecule has 4 nitrogen and oxygen atoms in total. The smallest absolute Gasteiger partial charge is 0.228 e. The third kappa shape index (κ3) is 4.13. The van der Waals surface area contributed by atoms with Crippen LogP contribution in [0.2, 0.25) is 0 Å². The van der Waals surface area contributed by atoms with Crippen molar-refractivity contribution >= 4 is 22.4 Å². The summed E-state index contributed by atoms with van der Waals surface area (Å²) in [6.07, 6.45) is 3.44. The van der Waals surface area contributed by atoms with Gasteiger partial charge in [0.15, 0.2) is 0 Å². The van der Waals surface area contributed by atoms with Crippen LogP contribution in [0.5, 0.6) is 0 Å². The zero-order valence-corrected chi connectivity index (χ0v) is 14.3. The highest BCUT2D eigenvalue weighted by molar-refractivity contribution is 7.18. The van der Waals surface area contributed by atoms with E-state index in [4.69, 9.17) is 0 Å². The lowest BCUT2D eigenvalue weighted by Gasteiger charge is -2.18. The van der Waals surface area contributed by atoms with Crippen molar-refractivity contribution in [2.24, 2.45) is 0 Å². The minimum absolute atomic E-state index is 0.149. The van der Waals surface area contributed by atoms with E-state index >= 15 is 0 Å². The molecule has 0 bridgehead atoms. The lowest BCUT2D eigenvalue weighted by molar-refractivity contribution is -0.118. The van der Waals surface area contributed by atoms with E-state index in [1.54, 1.807) is 4.90 Å². The third-order valence-electron chi connectivity index (χ3n) is 3.40. The molecule has 0 saturated carbocycles. The molecular formula is C17H23N3OS. The Morgan fingerprint density at radius 2 is 2.05 bits per heavy atom. The molecule has 0 atom stereocenters. The van der Waals surface area contributed by atoms with Crippen LogP contribution in [0, 0.1) is 6.92 Å². The molecule has 0 spiro atoms. The Hall–Kier alpha value is -1.75. The van der Waals surface area contributed by atoms with E-state index in [-0.39, 0.29) is 5.91 Å². The highest BCUT2D eigenvalue weighted by Crippen LogP contribution is 2.29. The molecule has 0 aliphatic carbocycles. The Balaban J connectivity index is 2.21. The topological polar surface area (TPSA) is 46.1 Å². The van der Waals surface area contributed by atoms with Crippen molar-refractivity contribution < 1.29 is 4.79 Å². The van der Waals surface area contributed by atoms with Gasteiger partial charge in [0.1, 0.15) is 5.01 Å². The highest BCUT2D eigenvalue weighted by Gasteiger charge is 2.19. The third-order valence-corrected chi connectivity index (χ3v) is 4.40. The summed E-state index contributed by atoms with van der Waals surface area (Å²) in [6.45, 7) is 6.93. The Labute approximate surface area is 136 Å². The van der Waals surface area contributed by atoms with Crippen LogP contribution in [0.25, 0.3) is 10.6 Å². The van der Waals surface area contributed by atoms with E-state index in [0.717, 1.165) is 29.8 Å². The highest BCUT2D eigenvalue weighted by atomic mass is 32.1. The van der Waals surface area contributed by atoms with Crippen LogP contribution in [0.3, 0.4) is 0 Å². The number of rotatable bonds is 7. The van der Waals surface area contributed by atoms with Gasteiger partial charge in [-0.25, -0.2) is 0 Å². The maximum Gasteiger partial charge on any atom is 0.228 e. The molecule has 2 rings (SSSR count). The second-order valence-corrected chi connectivity index (χ2v) is 6.36. The van der Waals surface area contributed by atoms with Crippen LogP contribution in [0.4, 0.5) is 5.13 Å². The van der Waals surface area contributed by atoms with E-state index in [0.29, 0.717) is 18.1 Å². The van der Waals surface area contributed by atoms with Crippen molar-refractivity contribution in [1.82, 2.24) is 10.2 Å². The standard InChI is InChI=1S/C17H23N3OS/c1-4-6-10-15(21)20(11-5-2)17-19-18-16(22-17)14-9-7-8-13(3)12-14/h7-9,12H,4-6,10-11H2,1-3H3. The molecular weight excluding hydrogens is 294 g/mol. The van der Waals surface area contributed by atoms with Crippen LogP contribution < -0.4 is 4.90 Å². The zero-order chi connectivity index (χ0) is 15.9. The SMILES string of the molecule is CCCCC(=O)N(CCC)c1nnc(-c2cccc(C)c2)s1. The van der Waals surface area contributed by atoms with Gasteiger partial charge in [-0.3, -0.25) is 9.69 Å². The maximum absolute atomic E-state index is 12.4. The number of aryl methyl sites for hydroxylation is 1. The van der Waals surface area contributed by atoms with E-state index in [9.17, 15) is 4.79 Å². The first-order valence-electron chi connectivity index (χ1n) is 7.86. The molecule has 1 heterocycles. The predicted octanol–water partition coefficient (Wildman–Crippen LogP) is 4.45. The molecule has 2 aromatic rings. The number of hydrogen-bond acceptors (Lipinski definition) is 4. The Bertz CT molecular complexity index is 624. The van der Waals surface area contributed by atoms with Gasteiger partial charge in [0.2, 0.25) is 11.0 Å². The van der Waals surface area contributed by atoms with Gasteiger partial charge in [0.05, 0.1) is 0 Å². The van der Waals surface area contributed by atoms with Gasteiger partial charge < -0.3 is 0 Å². The van der Waals surface area contributed by atoms with Crippen LogP contribution in [-0.2, 0) is 4.79 Å². The number of anilines is 1. The molecule has 0 aliphatic heterocycles. The summed E-state index contributed by atoms with van der Waals surface area (Å²) in [6, 6.07) is 8.19. The number of benzene rings is 1. The van der Waals surface area contributed by atoms with Gasteiger partial charge in [-0.2, -0.15) is 0 Å². The molecule has 0 aliphatic rings. The first-order valence-corrected chi connectivity index (χ1v) is 8.68. The first kappa shape index (κ1) is 16.6. The molecule has 1 aromatic carbocycles. The number of aromatic nitrogens is 2. The number of carbonyl (C=O) groups is 1. The summed E-state index contributed by atoms with van der Waals surface area (Å²) in [4.78, 5) is 14.1. The summed E-state index contributed by atoms with van der Waals surface area (Å²) in [5, 5.41) is 10.1. The Morgan fingerprint density at radius 3 is 2.73 bits per heavy atom. The molecule has 0 unspecified atom stereocenters. The summed E-state index contributed by atoms with van der Waals surface area (Å²) in [5.74, 6) is 0.149. The van der Waals surface area contributed by atoms with Gasteiger partial charge in [-0.05, 0) is 25.8 Å². The molecule has 5 heteroatoms. The first-order chi connectivity index (χ1) is 10.7. The quantitative estimate of drug-likeness (QED) is 0.758. The number of carbonyl (C=O) groups excluding carboxylic acids is 1. The second-order valence-electron chi connectivity index (χ2n) is 5.41. The van der Waals surface area contributed by atoms with Gasteiger partial charge in [0, 0.05) is 18.5 Å². The lowest BCUT2D eigenvalue weighted by Crippen LogP contribution is -2.31. The van der Waals surface area contributed by atoms with Crippen LogP contribution >= 0.6 is 11.3 Å². The largest absolute Gasteiger partial charge is 0.287 e. The van der Waals surface area contributed by atoms with Crippen LogP contribution in [0.1, 0.15) is 45.1 Å². The fourth-order valence-corrected chi connectivity index (χ4v) is 3.12. The van der Waals surface area contributed by atoms with Gasteiger partial charge in [0.25, 0.3) is 0 Å². The average Bonchev–Trinajstić information content (AvgIpc) is 3.00. The molecule has 0 fully saturated rings. The predicted molar refractivity (Wildman–Crippen MR) is 92.3 cm³/mol. The van der Waals surface area contributed by atoms with Gasteiger partial charge in [-0.1, -0.05) is 55.4 Å². The monoisotopic (exact) mass is 317 g/mol. The van der Waals surface area contributed by atoms with Crippen LogP contribution in [0.15, 0.2) is 24.3 Å². The van der Waals surface area contributed by atoms with E-state index < -0.39 is 0 Å². The van der Waals surface area contributed by atoms with Crippen molar-refractivity contribution in [3.63, 3.8) is 0 Å². The molecule has 0 radical (unpaired) electrons. The summed E-state index contributed by atoms with van der Waals surface area (Å²) in [7, 11) is 0. The number of unbranched alkanes of at least 4 members (excludes halogenated alkanes) is 1. The number of hydrogen-bond donors (Lipinski definition) is 0. The van der Waals surface area contributed by atoms with Crippen molar-refractivity contribution in [2.75, 3.05) is 11.4 Å². The van der Waals surface area contributed by atoms with E-state index in [1.807, 2.05) is 12.1 Å². The summed E-state index contributed by atoms with van der Waals surface area (Å²) >= 11 is 1.49. The van der Waals surface area contributed by atoms with E-state index in [2.05, 4.69) is 43.1 Å². The summed E-state index contributed by atoms with van der Waals surface area (Å²) in [5.41, 5.74) is 2.25. The fraction of sp³-hybridized carbons (Fsp3) is 0.471. The fourth-order valence-electron chi connectivity index (χ4n) is 2.23. The van der Waals surface area contributed by atoms with Gasteiger partial charge in [-0.15, -0.1) is 10.2 Å². The van der Waals surface area contributed by atoms with E-state index in [1.165, 1.54) is 16.9 Å². The second kappa shape index (κ2) is 8.03. The van der Waals surface area contributed by atoms with Crippen LogP contribution in [-0.4, -0.2) is 22.6 Å². The molecule has 1 aromatic heterocycles. The van der Waals surface area contributed by atoms with Crippen molar-refractivity contribution in [2.45, 2.75) is 46.5 Å². The maximum atomic E-state index is 12.4. The minimum Gasteiger partial charge on any atom is -0.287 e. The van der Waals surface area contributed by atoms with Gasteiger partial charge >= 0.3 is 0 Å². The molecule has 22 heavy (non-hydrogen) atoms.